The Balaban J connectivity index is 1.96. The highest BCUT2D eigenvalue weighted by Crippen LogP contribution is 2.16. The van der Waals surface area contributed by atoms with Crippen LogP contribution in [0.2, 0.25) is 0 Å². The average Bonchev–Trinajstić information content (AvgIpc) is 2.47. The zero-order chi connectivity index (χ0) is 15.2. The molecule has 0 bridgehead atoms. The van der Waals surface area contributed by atoms with Gasteiger partial charge in [-0.1, -0.05) is 25.1 Å². The Morgan fingerprint density at radius 3 is 2.57 bits per heavy atom. The minimum absolute atomic E-state index is 0.115. The van der Waals surface area contributed by atoms with Crippen molar-refractivity contribution in [2.45, 2.75) is 13.3 Å². The van der Waals surface area contributed by atoms with Gasteiger partial charge in [0.25, 0.3) is 0 Å². The van der Waals surface area contributed by atoms with E-state index in [1.165, 1.54) is 6.07 Å². The Hall–Kier alpha value is -2.21. The summed E-state index contributed by atoms with van der Waals surface area (Å²) >= 11 is 5.13. The predicted molar refractivity (Wildman–Crippen MR) is 85.2 cm³/mol. The molecule has 0 atom stereocenters. The van der Waals surface area contributed by atoms with Crippen molar-refractivity contribution in [1.82, 2.24) is 5.43 Å². The molecule has 0 saturated heterocycles. The molecule has 0 heterocycles. The maximum Gasteiger partial charge on any atom is 0.189 e. The Morgan fingerprint density at radius 2 is 1.86 bits per heavy atom. The molecule has 0 aromatic heterocycles. The van der Waals surface area contributed by atoms with E-state index in [1.54, 1.807) is 0 Å². The fraction of sp³-hybridized carbons (Fsp3) is 0.133. The number of para-hydroxylation sites is 1. The molecule has 21 heavy (non-hydrogen) atoms. The summed E-state index contributed by atoms with van der Waals surface area (Å²) in [6.07, 6.45) is 0.867. The van der Waals surface area contributed by atoms with Crippen LogP contribution in [0.1, 0.15) is 12.5 Å². The molecular formula is C15H15F2N3S. The monoisotopic (exact) mass is 307 g/mol. The summed E-state index contributed by atoms with van der Waals surface area (Å²) in [4.78, 5) is 0. The van der Waals surface area contributed by atoms with Crippen LogP contribution in [-0.2, 0) is 6.42 Å². The first-order chi connectivity index (χ1) is 10.1. The molecule has 0 amide bonds. The van der Waals surface area contributed by atoms with Gasteiger partial charge in [-0.15, -0.1) is 0 Å². The third-order valence-corrected chi connectivity index (χ3v) is 3.09. The topological polar surface area (TPSA) is 36.1 Å². The second-order valence-electron chi connectivity index (χ2n) is 4.34. The van der Waals surface area contributed by atoms with Gasteiger partial charge in [-0.25, -0.2) is 8.78 Å². The maximum absolute atomic E-state index is 13.4. The van der Waals surface area contributed by atoms with Crippen LogP contribution < -0.4 is 16.2 Å². The smallest absolute Gasteiger partial charge is 0.189 e. The molecule has 0 spiro atoms. The largest absolute Gasteiger partial charge is 0.331 e. The molecule has 0 aliphatic rings. The summed E-state index contributed by atoms with van der Waals surface area (Å²) in [5, 5.41) is 3.32. The Labute approximate surface area is 127 Å². The first-order valence-corrected chi connectivity index (χ1v) is 6.87. The second kappa shape index (κ2) is 6.99. The molecule has 0 radical (unpaired) electrons. The van der Waals surface area contributed by atoms with E-state index < -0.39 is 11.6 Å². The summed E-state index contributed by atoms with van der Waals surface area (Å²) in [7, 11) is 0. The van der Waals surface area contributed by atoms with E-state index in [0.29, 0.717) is 5.11 Å². The van der Waals surface area contributed by atoms with E-state index in [2.05, 4.69) is 16.2 Å². The molecule has 3 N–H and O–H groups in total. The van der Waals surface area contributed by atoms with Crippen LogP contribution in [0, 0.1) is 11.6 Å². The molecule has 0 fully saturated rings. The number of hydrogen-bond acceptors (Lipinski definition) is 2. The van der Waals surface area contributed by atoms with Gasteiger partial charge in [0.05, 0.1) is 5.69 Å². The molecule has 2 rings (SSSR count). The summed E-state index contributed by atoms with van der Waals surface area (Å²) in [6, 6.07) is 11.0. The van der Waals surface area contributed by atoms with Crippen LogP contribution in [0.4, 0.5) is 20.2 Å². The molecule has 0 aliphatic heterocycles. The van der Waals surface area contributed by atoms with Crippen LogP contribution in [0.15, 0.2) is 42.5 Å². The van der Waals surface area contributed by atoms with Crippen LogP contribution in [-0.4, -0.2) is 5.11 Å². The van der Waals surface area contributed by atoms with E-state index in [-0.39, 0.29) is 5.69 Å². The summed E-state index contributed by atoms with van der Waals surface area (Å²) in [6.45, 7) is 2.04. The number of halogens is 2. The summed E-state index contributed by atoms with van der Waals surface area (Å²) in [5.41, 5.74) is 7.39. The van der Waals surface area contributed by atoms with Crippen molar-refractivity contribution >= 4 is 28.7 Å². The van der Waals surface area contributed by atoms with Crippen molar-refractivity contribution in [2.24, 2.45) is 0 Å². The van der Waals surface area contributed by atoms with Crippen LogP contribution >= 0.6 is 12.2 Å². The van der Waals surface area contributed by atoms with Crippen molar-refractivity contribution in [3.8, 4) is 0 Å². The molecule has 0 aliphatic carbocycles. The Bertz CT molecular complexity index is 647. The molecule has 0 unspecified atom stereocenters. The lowest BCUT2D eigenvalue weighted by Gasteiger charge is -2.15. The van der Waals surface area contributed by atoms with E-state index in [9.17, 15) is 8.78 Å². The van der Waals surface area contributed by atoms with Gasteiger partial charge < -0.3 is 5.32 Å². The maximum atomic E-state index is 13.4. The number of hydrazine groups is 1. The molecule has 6 heteroatoms. The molecule has 2 aromatic rings. The van der Waals surface area contributed by atoms with Gasteiger partial charge >= 0.3 is 0 Å². The molecule has 110 valence electrons. The van der Waals surface area contributed by atoms with Crippen molar-refractivity contribution in [1.29, 1.82) is 0 Å². The Kier molecular flexibility index (Phi) is 5.05. The average molecular weight is 307 g/mol. The number of thiocarbonyl (C=S) groups is 1. The lowest BCUT2D eigenvalue weighted by Crippen LogP contribution is -2.33. The van der Waals surface area contributed by atoms with Crippen molar-refractivity contribution in [2.75, 3.05) is 10.7 Å². The van der Waals surface area contributed by atoms with E-state index in [1.807, 2.05) is 31.2 Å². The van der Waals surface area contributed by atoms with E-state index in [4.69, 9.17) is 12.2 Å². The predicted octanol–water partition coefficient (Wildman–Crippen LogP) is 3.84. The van der Waals surface area contributed by atoms with Crippen LogP contribution in [0.3, 0.4) is 0 Å². The standard InChI is InChI=1S/C15H15F2N3S/c1-2-10-5-3-4-6-13(10)18-15(21)20-19-14-8-7-11(16)9-12(14)17/h3-9,19H,2H2,1H3,(H2,18,20,21). The lowest BCUT2D eigenvalue weighted by atomic mass is 10.1. The van der Waals surface area contributed by atoms with E-state index >= 15 is 0 Å². The zero-order valence-electron chi connectivity index (χ0n) is 11.4. The van der Waals surface area contributed by atoms with Crippen LogP contribution in [0.5, 0.6) is 0 Å². The minimum atomic E-state index is -0.695. The molecule has 2 aromatic carbocycles. The lowest BCUT2D eigenvalue weighted by molar-refractivity contribution is 0.585. The number of anilines is 2. The van der Waals surface area contributed by atoms with Gasteiger partial charge in [0.2, 0.25) is 0 Å². The highest BCUT2D eigenvalue weighted by atomic mass is 32.1. The number of nitrogens with one attached hydrogen (secondary N) is 3. The summed E-state index contributed by atoms with van der Waals surface area (Å²) < 4.78 is 26.2. The van der Waals surface area contributed by atoms with Crippen molar-refractivity contribution in [3.63, 3.8) is 0 Å². The summed E-state index contributed by atoms with van der Waals surface area (Å²) in [5.74, 6) is -1.32. The number of hydrogen-bond donors (Lipinski definition) is 3. The Morgan fingerprint density at radius 1 is 1.10 bits per heavy atom. The van der Waals surface area contributed by atoms with Gasteiger partial charge in [-0.2, -0.15) is 0 Å². The highest BCUT2D eigenvalue weighted by Gasteiger charge is 2.05. The number of benzene rings is 2. The first-order valence-electron chi connectivity index (χ1n) is 6.46. The highest BCUT2D eigenvalue weighted by molar-refractivity contribution is 7.80. The van der Waals surface area contributed by atoms with Crippen LogP contribution in [0.25, 0.3) is 0 Å². The fourth-order valence-corrected chi connectivity index (χ4v) is 1.98. The fourth-order valence-electron chi connectivity index (χ4n) is 1.82. The van der Waals surface area contributed by atoms with Gasteiger partial charge in [-0.3, -0.25) is 10.9 Å². The SMILES string of the molecule is CCc1ccccc1NC(=S)NNc1ccc(F)cc1F. The molecular weight excluding hydrogens is 292 g/mol. The normalized spacial score (nSPS) is 10.0. The van der Waals surface area contributed by atoms with Gasteiger partial charge in [0.15, 0.2) is 10.9 Å². The minimum Gasteiger partial charge on any atom is -0.331 e. The quantitative estimate of drug-likeness (QED) is 0.592. The molecule has 0 saturated carbocycles. The zero-order valence-corrected chi connectivity index (χ0v) is 12.2. The van der Waals surface area contributed by atoms with Crippen molar-refractivity contribution < 1.29 is 8.78 Å². The third kappa shape index (κ3) is 4.13. The number of rotatable bonds is 4. The second-order valence-corrected chi connectivity index (χ2v) is 4.75. The molecule has 3 nitrogen and oxygen atoms in total. The first kappa shape index (κ1) is 15.2. The third-order valence-electron chi connectivity index (χ3n) is 2.89. The van der Waals surface area contributed by atoms with Gasteiger partial charge in [0, 0.05) is 11.8 Å². The van der Waals surface area contributed by atoms with Gasteiger partial charge in [-0.05, 0) is 42.4 Å². The van der Waals surface area contributed by atoms with Crippen molar-refractivity contribution in [3.05, 3.63) is 59.7 Å². The number of aryl methyl sites for hydroxylation is 1. The van der Waals surface area contributed by atoms with Gasteiger partial charge in [0.1, 0.15) is 5.82 Å². The van der Waals surface area contributed by atoms with E-state index in [0.717, 1.165) is 29.8 Å².